The molecular formula is C9H16O4. The number of ether oxygens (including phenoxy) is 1. The van der Waals surface area contributed by atoms with E-state index in [1.165, 1.54) is 0 Å². The van der Waals surface area contributed by atoms with Crippen LogP contribution in [0.5, 0.6) is 0 Å². The predicted molar refractivity (Wildman–Crippen MR) is 47.3 cm³/mol. The lowest BCUT2D eigenvalue weighted by atomic mass is 10.0. The van der Waals surface area contributed by atoms with Crippen LogP contribution in [0.15, 0.2) is 0 Å². The Morgan fingerprint density at radius 1 is 1.46 bits per heavy atom. The minimum atomic E-state index is -0.823. The van der Waals surface area contributed by atoms with Crippen molar-refractivity contribution in [2.45, 2.75) is 33.1 Å². The van der Waals surface area contributed by atoms with E-state index in [0.717, 1.165) is 0 Å². The number of hydrogen-bond donors (Lipinski definition) is 1. The number of carbonyl (C=O) groups is 2. The topological polar surface area (TPSA) is 63.6 Å². The standard InChI is InChI=1S/C9H16O4/c1-3-13-9(12)5-4-7(2)6-8(10)11/h7H,3-6H2,1-2H3,(H,10,11). The van der Waals surface area contributed by atoms with Crippen LogP contribution >= 0.6 is 0 Å². The van der Waals surface area contributed by atoms with Crippen LogP contribution in [0.2, 0.25) is 0 Å². The maximum absolute atomic E-state index is 10.9. The first kappa shape index (κ1) is 11.9. The van der Waals surface area contributed by atoms with Crippen LogP contribution in [0.1, 0.15) is 33.1 Å². The first-order valence-electron chi connectivity index (χ1n) is 4.43. The van der Waals surface area contributed by atoms with Crippen LogP contribution in [0.3, 0.4) is 0 Å². The molecule has 0 radical (unpaired) electrons. The van der Waals surface area contributed by atoms with Crippen molar-refractivity contribution in [1.29, 1.82) is 0 Å². The molecule has 1 unspecified atom stereocenters. The zero-order chi connectivity index (χ0) is 10.3. The lowest BCUT2D eigenvalue weighted by Crippen LogP contribution is -2.09. The molecule has 1 atom stereocenters. The average Bonchev–Trinajstić information content (AvgIpc) is 2.00. The van der Waals surface area contributed by atoms with Gasteiger partial charge >= 0.3 is 11.9 Å². The monoisotopic (exact) mass is 188 g/mol. The van der Waals surface area contributed by atoms with Gasteiger partial charge in [-0.1, -0.05) is 6.92 Å². The van der Waals surface area contributed by atoms with E-state index < -0.39 is 5.97 Å². The summed E-state index contributed by atoms with van der Waals surface area (Å²) in [5.41, 5.74) is 0. The van der Waals surface area contributed by atoms with Crippen molar-refractivity contribution in [2.24, 2.45) is 5.92 Å². The second-order valence-electron chi connectivity index (χ2n) is 3.05. The molecule has 1 N–H and O–H groups in total. The van der Waals surface area contributed by atoms with E-state index in [1.807, 2.05) is 6.92 Å². The fraction of sp³-hybridized carbons (Fsp3) is 0.778. The maximum Gasteiger partial charge on any atom is 0.305 e. The smallest absolute Gasteiger partial charge is 0.305 e. The van der Waals surface area contributed by atoms with E-state index in [4.69, 9.17) is 9.84 Å². The number of aliphatic carboxylic acids is 1. The second kappa shape index (κ2) is 6.46. The Bertz CT molecular complexity index is 176. The molecule has 0 spiro atoms. The normalized spacial score (nSPS) is 12.2. The lowest BCUT2D eigenvalue weighted by Gasteiger charge is -2.07. The fourth-order valence-corrected chi connectivity index (χ4v) is 0.998. The fourth-order valence-electron chi connectivity index (χ4n) is 0.998. The van der Waals surface area contributed by atoms with Crippen LogP contribution < -0.4 is 0 Å². The number of hydrogen-bond acceptors (Lipinski definition) is 3. The molecule has 4 nitrogen and oxygen atoms in total. The largest absolute Gasteiger partial charge is 0.481 e. The summed E-state index contributed by atoms with van der Waals surface area (Å²) in [6.07, 6.45) is 0.993. The minimum absolute atomic E-state index is 0.0295. The van der Waals surface area contributed by atoms with Crippen LogP contribution in [-0.4, -0.2) is 23.7 Å². The summed E-state index contributed by atoms with van der Waals surface area (Å²) in [6.45, 7) is 3.94. The Kier molecular flexibility index (Phi) is 5.93. The molecule has 0 aromatic rings. The maximum atomic E-state index is 10.9. The predicted octanol–water partition coefficient (Wildman–Crippen LogP) is 1.44. The van der Waals surface area contributed by atoms with Crippen molar-refractivity contribution in [3.63, 3.8) is 0 Å². The van der Waals surface area contributed by atoms with Crippen LogP contribution in [0.25, 0.3) is 0 Å². The van der Waals surface area contributed by atoms with E-state index in [0.29, 0.717) is 19.4 Å². The molecule has 0 saturated heterocycles. The molecule has 13 heavy (non-hydrogen) atoms. The summed E-state index contributed by atoms with van der Waals surface area (Å²) in [6, 6.07) is 0. The van der Waals surface area contributed by atoms with Gasteiger partial charge in [0.15, 0.2) is 0 Å². The van der Waals surface area contributed by atoms with Crippen molar-refractivity contribution < 1.29 is 19.4 Å². The number of carboxylic acid groups (broad SMARTS) is 1. The molecule has 76 valence electrons. The van der Waals surface area contributed by atoms with Crippen LogP contribution in [0, 0.1) is 5.92 Å². The highest BCUT2D eigenvalue weighted by Gasteiger charge is 2.10. The van der Waals surface area contributed by atoms with Crippen LogP contribution in [0.4, 0.5) is 0 Å². The highest BCUT2D eigenvalue weighted by atomic mass is 16.5. The van der Waals surface area contributed by atoms with Crippen molar-refractivity contribution in [2.75, 3.05) is 6.61 Å². The molecule has 0 aliphatic rings. The quantitative estimate of drug-likeness (QED) is 0.640. The summed E-state index contributed by atoms with van der Waals surface area (Å²) in [5, 5.41) is 8.44. The van der Waals surface area contributed by atoms with Gasteiger partial charge in [-0.2, -0.15) is 0 Å². The van der Waals surface area contributed by atoms with Gasteiger partial charge in [0.2, 0.25) is 0 Å². The van der Waals surface area contributed by atoms with Crippen molar-refractivity contribution >= 4 is 11.9 Å². The van der Waals surface area contributed by atoms with Gasteiger partial charge in [-0.25, -0.2) is 0 Å². The summed E-state index contributed by atoms with van der Waals surface area (Å²) >= 11 is 0. The zero-order valence-electron chi connectivity index (χ0n) is 8.08. The van der Waals surface area contributed by atoms with Crippen molar-refractivity contribution in [3.8, 4) is 0 Å². The summed E-state index contributed by atoms with van der Waals surface area (Å²) < 4.78 is 4.71. The Hall–Kier alpha value is -1.06. The molecule has 0 amide bonds. The van der Waals surface area contributed by atoms with Gasteiger partial charge in [0.25, 0.3) is 0 Å². The third-order valence-electron chi connectivity index (χ3n) is 1.67. The van der Waals surface area contributed by atoms with Gasteiger partial charge in [-0.05, 0) is 19.3 Å². The molecule has 0 saturated carbocycles. The van der Waals surface area contributed by atoms with E-state index in [2.05, 4.69) is 0 Å². The third kappa shape index (κ3) is 7.31. The molecule has 0 aromatic carbocycles. The van der Waals surface area contributed by atoms with Gasteiger partial charge in [0, 0.05) is 12.8 Å². The van der Waals surface area contributed by atoms with E-state index in [-0.39, 0.29) is 18.3 Å². The highest BCUT2D eigenvalue weighted by molar-refractivity contribution is 5.69. The summed E-state index contributed by atoms with van der Waals surface area (Å²) in [4.78, 5) is 21.1. The van der Waals surface area contributed by atoms with E-state index in [9.17, 15) is 9.59 Å². The number of esters is 1. The molecule has 0 aliphatic heterocycles. The molecule has 0 fully saturated rings. The van der Waals surface area contributed by atoms with Gasteiger partial charge in [0.05, 0.1) is 6.61 Å². The number of carbonyl (C=O) groups excluding carboxylic acids is 1. The van der Waals surface area contributed by atoms with Crippen LogP contribution in [-0.2, 0) is 14.3 Å². The van der Waals surface area contributed by atoms with Gasteiger partial charge in [-0.15, -0.1) is 0 Å². The summed E-state index contributed by atoms with van der Waals surface area (Å²) in [7, 11) is 0. The van der Waals surface area contributed by atoms with E-state index in [1.54, 1.807) is 6.92 Å². The van der Waals surface area contributed by atoms with Crippen molar-refractivity contribution in [1.82, 2.24) is 0 Å². The van der Waals surface area contributed by atoms with Gasteiger partial charge in [-0.3, -0.25) is 9.59 Å². The molecular weight excluding hydrogens is 172 g/mol. The average molecular weight is 188 g/mol. The lowest BCUT2D eigenvalue weighted by molar-refractivity contribution is -0.144. The third-order valence-corrected chi connectivity index (χ3v) is 1.67. The number of carboxylic acids is 1. The van der Waals surface area contributed by atoms with Gasteiger partial charge < -0.3 is 9.84 Å². The Balaban J connectivity index is 3.51. The van der Waals surface area contributed by atoms with Crippen molar-refractivity contribution in [3.05, 3.63) is 0 Å². The molecule has 0 rings (SSSR count). The molecule has 0 aromatic heterocycles. The summed E-state index contributed by atoms with van der Waals surface area (Å²) in [5.74, 6) is -1.04. The van der Waals surface area contributed by atoms with E-state index >= 15 is 0 Å². The zero-order valence-corrected chi connectivity index (χ0v) is 8.08. The first-order chi connectivity index (χ1) is 6.06. The van der Waals surface area contributed by atoms with Gasteiger partial charge in [0.1, 0.15) is 0 Å². The molecule has 0 bridgehead atoms. The molecule has 0 heterocycles. The second-order valence-corrected chi connectivity index (χ2v) is 3.05. The Morgan fingerprint density at radius 3 is 2.54 bits per heavy atom. The highest BCUT2D eigenvalue weighted by Crippen LogP contribution is 2.10. The first-order valence-corrected chi connectivity index (χ1v) is 4.43. The molecule has 4 heteroatoms. The number of rotatable bonds is 6. The Morgan fingerprint density at radius 2 is 2.08 bits per heavy atom. The SMILES string of the molecule is CCOC(=O)CCC(C)CC(=O)O. The molecule has 0 aliphatic carbocycles. The Labute approximate surface area is 77.9 Å². The minimum Gasteiger partial charge on any atom is -0.481 e.